The van der Waals surface area contributed by atoms with Gasteiger partial charge in [0.25, 0.3) is 0 Å². The molecule has 0 bridgehead atoms. The van der Waals surface area contributed by atoms with Gasteiger partial charge in [0.2, 0.25) is 5.95 Å². The number of carbonyl (C=O) groups excluding carboxylic acids is 1. The van der Waals surface area contributed by atoms with Gasteiger partial charge in [-0.15, -0.1) is 5.10 Å². The van der Waals surface area contributed by atoms with Gasteiger partial charge in [0.05, 0.1) is 19.0 Å². The topological polar surface area (TPSA) is 116 Å². The van der Waals surface area contributed by atoms with E-state index < -0.39 is 11.7 Å². The summed E-state index contributed by atoms with van der Waals surface area (Å²) in [5.74, 6) is 1.26. The summed E-state index contributed by atoms with van der Waals surface area (Å²) in [6.07, 6.45) is 2.80. The number of hydrogen-bond acceptors (Lipinski definition) is 8. The van der Waals surface area contributed by atoms with Crippen molar-refractivity contribution in [3.05, 3.63) is 30.5 Å². The Labute approximate surface area is 174 Å². The summed E-state index contributed by atoms with van der Waals surface area (Å²) in [6.45, 7) is 5.53. The van der Waals surface area contributed by atoms with E-state index in [1.54, 1.807) is 18.0 Å². The van der Waals surface area contributed by atoms with Crippen molar-refractivity contribution in [3.8, 4) is 11.4 Å². The lowest BCUT2D eigenvalue weighted by Crippen LogP contribution is -2.50. The van der Waals surface area contributed by atoms with Crippen molar-refractivity contribution in [2.45, 2.75) is 51.3 Å². The smallest absolute Gasteiger partial charge is 0.407 e. The van der Waals surface area contributed by atoms with Gasteiger partial charge in [0.15, 0.2) is 11.2 Å². The molecule has 3 aromatic rings. The van der Waals surface area contributed by atoms with E-state index in [2.05, 4.69) is 30.9 Å². The zero-order valence-corrected chi connectivity index (χ0v) is 17.4. The van der Waals surface area contributed by atoms with Crippen molar-refractivity contribution < 1.29 is 14.3 Å². The van der Waals surface area contributed by atoms with E-state index >= 15 is 0 Å². The van der Waals surface area contributed by atoms with E-state index in [4.69, 9.17) is 9.47 Å². The lowest BCUT2D eigenvalue weighted by Gasteiger charge is -2.36. The summed E-state index contributed by atoms with van der Waals surface area (Å²) >= 11 is 0. The first-order valence-corrected chi connectivity index (χ1v) is 9.79. The Kier molecular flexibility index (Phi) is 5.15. The van der Waals surface area contributed by atoms with Crippen molar-refractivity contribution in [3.63, 3.8) is 0 Å². The molecule has 1 saturated carbocycles. The molecule has 2 aromatic heterocycles. The molecule has 0 unspecified atom stereocenters. The molecule has 1 aliphatic carbocycles. The maximum Gasteiger partial charge on any atom is 0.407 e. The molecule has 1 aliphatic rings. The molecule has 1 aromatic carbocycles. The first-order valence-electron chi connectivity index (χ1n) is 9.79. The molecule has 10 nitrogen and oxygen atoms in total. The van der Waals surface area contributed by atoms with Crippen molar-refractivity contribution in [2.75, 3.05) is 12.4 Å². The van der Waals surface area contributed by atoms with Crippen LogP contribution in [0.25, 0.3) is 16.9 Å². The second kappa shape index (κ2) is 7.77. The molecule has 0 atom stereocenters. The molecule has 1 fully saturated rings. The summed E-state index contributed by atoms with van der Waals surface area (Å²) < 4.78 is 12.1. The lowest BCUT2D eigenvalue weighted by molar-refractivity contribution is 0.0475. The maximum atomic E-state index is 11.9. The summed E-state index contributed by atoms with van der Waals surface area (Å²) in [4.78, 5) is 20.8. The summed E-state index contributed by atoms with van der Waals surface area (Å²) in [7, 11) is 1.62. The van der Waals surface area contributed by atoms with Crippen LogP contribution in [-0.2, 0) is 4.74 Å². The quantitative estimate of drug-likeness (QED) is 0.658. The minimum Gasteiger partial charge on any atom is -0.497 e. The van der Waals surface area contributed by atoms with Crippen LogP contribution in [0.15, 0.2) is 30.5 Å². The summed E-state index contributed by atoms with van der Waals surface area (Å²) in [6, 6.07) is 7.74. The van der Waals surface area contributed by atoms with Crippen LogP contribution in [0.5, 0.6) is 5.75 Å². The van der Waals surface area contributed by atoms with E-state index in [1.165, 1.54) is 0 Å². The molecule has 0 spiro atoms. The molecule has 30 heavy (non-hydrogen) atoms. The highest BCUT2D eigenvalue weighted by Crippen LogP contribution is 2.24. The number of anilines is 1. The van der Waals surface area contributed by atoms with E-state index in [-0.39, 0.29) is 12.1 Å². The van der Waals surface area contributed by atoms with Gasteiger partial charge in [0, 0.05) is 12.1 Å². The number of carbonyl (C=O) groups is 1. The fourth-order valence-corrected chi connectivity index (χ4v) is 3.21. The Morgan fingerprint density at radius 1 is 1.17 bits per heavy atom. The summed E-state index contributed by atoms with van der Waals surface area (Å²) in [5.41, 5.74) is 1.54. The average molecular weight is 411 g/mol. The van der Waals surface area contributed by atoms with Gasteiger partial charge < -0.3 is 20.1 Å². The van der Waals surface area contributed by atoms with Crippen LogP contribution in [0, 0.1) is 0 Å². The van der Waals surface area contributed by atoms with Gasteiger partial charge >= 0.3 is 6.09 Å². The molecular weight excluding hydrogens is 386 g/mol. The van der Waals surface area contributed by atoms with Gasteiger partial charge in [-0.3, -0.25) is 0 Å². The minimum atomic E-state index is -0.504. The van der Waals surface area contributed by atoms with Crippen LogP contribution in [0.4, 0.5) is 10.7 Å². The van der Waals surface area contributed by atoms with Crippen LogP contribution in [-0.4, -0.2) is 55.8 Å². The second-order valence-electron chi connectivity index (χ2n) is 8.26. The largest absolute Gasteiger partial charge is 0.497 e. The Bertz CT molecular complexity index is 1040. The summed E-state index contributed by atoms with van der Waals surface area (Å²) in [5, 5.41) is 14.5. The number of amides is 1. The maximum absolute atomic E-state index is 11.9. The zero-order valence-electron chi connectivity index (χ0n) is 17.4. The highest BCUT2D eigenvalue weighted by Gasteiger charge is 2.32. The molecule has 2 heterocycles. The molecule has 1 amide bonds. The molecule has 0 saturated heterocycles. The standard InChI is InChI=1S/C20H25N7O3/c1-20(2,3)30-19(28)23-13-9-12(10-13)22-18-21-11-16-17(24-18)27(26-25-16)14-5-7-15(29-4)8-6-14/h5-8,11-13H,9-10H2,1-4H3,(H,23,28)(H,21,22,24)/t12-,13-. The van der Waals surface area contributed by atoms with E-state index in [0.29, 0.717) is 17.1 Å². The Morgan fingerprint density at radius 2 is 1.90 bits per heavy atom. The molecule has 2 N–H and O–H groups in total. The van der Waals surface area contributed by atoms with Gasteiger partial charge in [0.1, 0.15) is 11.4 Å². The fourth-order valence-electron chi connectivity index (χ4n) is 3.21. The number of rotatable bonds is 5. The Balaban J connectivity index is 1.39. The first kappa shape index (κ1) is 19.9. The van der Waals surface area contributed by atoms with Crippen LogP contribution in [0.3, 0.4) is 0 Å². The van der Waals surface area contributed by atoms with Crippen molar-refractivity contribution in [2.24, 2.45) is 0 Å². The molecule has 158 valence electrons. The van der Waals surface area contributed by atoms with Gasteiger partial charge in [-0.1, -0.05) is 5.21 Å². The number of nitrogens with zero attached hydrogens (tertiary/aromatic N) is 5. The molecule has 4 rings (SSSR count). The number of benzene rings is 1. The normalized spacial score (nSPS) is 18.5. The van der Waals surface area contributed by atoms with Crippen LogP contribution in [0.2, 0.25) is 0 Å². The fraction of sp³-hybridized carbons (Fsp3) is 0.450. The molecule has 0 aliphatic heterocycles. The van der Waals surface area contributed by atoms with E-state index in [0.717, 1.165) is 24.3 Å². The van der Waals surface area contributed by atoms with Crippen molar-refractivity contribution in [1.82, 2.24) is 30.3 Å². The van der Waals surface area contributed by atoms with Crippen LogP contribution < -0.4 is 15.4 Å². The molecular formula is C20H25N7O3. The first-order chi connectivity index (χ1) is 14.3. The number of alkyl carbamates (subject to hydrolysis) is 1. The van der Waals surface area contributed by atoms with Gasteiger partial charge in [-0.25, -0.2) is 9.78 Å². The van der Waals surface area contributed by atoms with E-state index in [1.807, 2.05) is 45.0 Å². The number of fused-ring (bicyclic) bond motifs is 1. The Morgan fingerprint density at radius 3 is 2.57 bits per heavy atom. The number of ether oxygens (including phenoxy) is 2. The monoisotopic (exact) mass is 411 g/mol. The third kappa shape index (κ3) is 4.42. The molecule has 0 radical (unpaired) electrons. The van der Waals surface area contributed by atoms with Crippen molar-refractivity contribution >= 4 is 23.2 Å². The third-order valence-corrected chi connectivity index (χ3v) is 4.70. The van der Waals surface area contributed by atoms with E-state index in [9.17, 15) is 4.79 Å². The highest BCUT2D eigenvalue weighted by molar-refractivity contribution is 5.72. The average Bonchev–Trinajstić information content (AvgIpc) is 3.08. The van der Waals surface area contributed by atoms with Gasteiger partial charge in [-0.2, -0.15) is 9.67 Å². The number of methoxy groups -OCH3 is 1. The van der Waals surface area contributed by atoms with Crippen molar-refractivity contribution in [1.29, 1.82) is 0 Å². The van der Waals surface area contributed by atoms with Crippen LogP contribution >= 0.6 is 0 Å². The minimum absolute atomic E-state index is 0.0765. The lowest BCUT2D eigenvalue weighted by atomic mass is 9.87. The number of nitrogens with one attached hydrogen (secondary N) is 2. The number of hydrogen-bond donors (Lipinski definition) is 2. The second-order valence-corrected chi connectivity index (χ2v) is 8.26. The van der Waals surface area contributed by atoms with Crippen LogP contribution in [0.1, 0.15) is 33.6 Å². The zero-order chi connectivity index (χ0) is 21.3. The molecule has 10 heteroatoms. The van der Waals surface area contributed by atoms with Gasteiger partial charge in [-0.05, 0) is 57.9 Å². The SMILES string of the molecule is COc1ccc(-n2nnc3cnc(N[C@H]4C[C@H](NC(=O)OC(C)(C)C)C4)nc32)cc1. The third-order valence-electron chi connectivity index (χ3n) is 4.70. The Hall–Kier alpha value is -3.43. The predicted molar refractivity (Wildman–Crippen MR) is 111 cm³/mol. The number of aromatic nitrogens is 5. The highest BCUT2D eigenvalue weighted by atomic mass is 16.6. The predicted octanol–water partition coefficient (Wildman–Crippen LogP) is 2.69.